The Labute approximate surface area is 96.9 Å². The molecule has 1 aliphatic rings. The van der Waals surface area contributed by atoms with Crippen LogP contribution in [0, 0.1) is 0 Å². The summed E-state index contributed by atoms with van der Waals surface area (Å²) in [5, 5.41) is 0. The number of hydrogen-bond acceptors (Lipinski definition) is 3. The lowest BCUT2D eigenvalue weighted by molar-refractivity contribution is -0.163. The van der Waals surface area contributed by atoms with Gasteiger partial charge in [-0.3, -0.25) is 4.79 Å². The molecule has 0 N–H and O–H groups in total. The van der Waals surface area contributed by atoms with E-state index in [1.54, 1.807) is 4.90 Å². The van der Waals surface area contributed by atoms with E-state index in [0.29, 0.717) is 12.8 Å². The number of ether oxygens (including phenoxy) is 1. The van der Waals surface area contributed by atoms with Gasteiger partial charge in [-0.05, 0) is 41.0 Å². The summed E-state index contributed by atoms with van der Waals surface area (Å²) in [7, 11) is 0. The fourth-order valence-electron chi connectivity index (χ4n) is 1.95. The van der Waals surface area contributed by atoms with E-state index in [-0.39, 0.29) is 17.9 Å². The molecule has 0 aromatic carbocycles. The molecule has 4 nitrogen and oxygen atoms in total. The van der Waals surface area contributed by atoms with E-state index >= 15 is 0 Å². The highest BCUT2D eigenvalue weighted by Gasteiger charge is 2.39. The number of amides is 1. The molecule has 1 amide bonds. The zero-order chi connectivity index (χ0) is 12.5. The normalized spacial score (nSPS) is 21.8. The van der Waals surface area contributed by atoms with Crippen molar-refractivity contribution in [1.29, 1.82) is 0 Å². The molecule has 1 rings (SSSR count). The van der Waals surface area contributed by atoms with E-state index in [9.17, 15) is 9.59 Å². The summed E-state index contributed by atoms with van der Waals surface area (Å²) in [5.41, 5.74) is -0.495. The maximum Gasteiger partial charge on any atom is 0.329 e. The Morgan fingerprint density at radius 2 is 2.00 bits per heavy atom. The summed E-state index contributed by atoms with van der Waals surface area (Å²) in [6.45, 7) is 9.34. The van der Waals surface area contributed by atoms with Crippen molar-refractivity contribution in [3.05, 3.63) is 0 Å². The second kappa shape index (κ2) is 4.44. The first kappa shape index (κ1) is 13.0. The number of likely N-dealkylation sites (tertiary alicyclic amines) is 1. The summed E-state index contributed by atoms with van der Waals surface area (Å²) < 4.78 is 5.32. The van der Waals surface area contributed by atoms with Crippen molar-refractivity contribution in [2.24, 2.45) is 0 Å². The maximum atomic E-state index is 11.9. The maximum absolute atomic E-state index is 11.9. The fourth-order valence-corrected chi connectivity index (χ4v) is 1.95. The van der Waals surface area contributed by atoms with Gasteiger partial charge in [0.1, 0.15) is 11.6 Å². The minimum Gasteiger partial charge on any atom is -0.458 e. The van der Waals surface area contributed by atoms with Crippen LogP contribution in [-0.2, 0) is 14.3 Å². The standard InChI is InChI=1S/C12H21NO3/c1-8(2)13-9(6-7-10(13)14)11(15)16-12(3,4)5/h8-9H,6-7H2,1-5H3/t9-/m0/s1. The smallest absolute Gasteiger partial charge is 0.329 e. The summed E-state index contributed by atoms with van der Waals surface area (Å²) in [5.74, 6) is -0.238. The second-order valence-corrected chi connectivity index (χ2v) is 5.48. The van der Waals surface area contributed by atoms with Gasteiger partial charge in [0.2, 0.25) is 5.91 Å². The molecule has 0 aromatic heterocycles. The highest BCUT2D eigenvalue weighted by Crippen LogP contribution is 2.24. The molecule has 1 aliphatic heterocycles. The van der Waals surface area contributed by atoms with Crippen LogP contribution in [0.1, 0.15) is 47.5 Å². The molecule has 16 heavy (non-hydrogen) atoms. The average molecular weight is 227 g/mol. The fraction of sp³-hybridized carbons (Fsp3) is 0.833. The predicted octanol–water partition coefficient (Wildman–Crippen LogP) is 1.73. The van der Waals surface area contributed by atoms with Gasteiger partial charge in [0, 0.05) is 12.5 Å². The highest BCUT2D eigenvalue weighted by molar-refractivity contribution is 5.88. The summed E-state index contributed by atoms with van der Waals surface area (Å²) in [6, 6.07) is -0.348. The number of rotatable bonds is 2. The average Bonchev–Trinajstić information content (AvgIpc) is 2.43. The van der Waals surface area contributed by atoms with E-state index in [4.69, 9.17) is 4.74 Å². The molecule has 1 fully saturated rings. The van der Waals surface area contributed by atoms with E-state index < -0.39 is 11.6 Å². The van der Waals surface area contributed by atoms with Gasteiger partial charge in [0.15, 0.2) is 0 Å². The highest BCUT2D eigenvalue weighted by atomic mass is 16.6. The monoisotopic (exact) mass is 227 g/mol. The van der Waals surface area contributed by atoms with Gasteiger partial charge in [-0.25, -0.2) is 4.79 Å². The van der Waals surface area contributed by atoms with Crippen molar-refractivity contribution in [2.45, 2.75) is 65.1 Å². The molecule has 0 bridgehead atoms. The van der Waals surface area contributed by atoms with Crippen molar-refractivity contribution in [3.8, 4) is 0 Å². The molecule has 0 saturated carbocycles. The van der Waals surface area contributed by atoms with Crippen LogP contribution in [0.4, 0.5) is 0 Å². The second-order valence-electron chi connectivity index (χ2n) is 5.48. The van der Waals surface area contributed by atoms with Gasteiger partial charge in [-0.2, -0.15) is 0 Å². The van der Waals surface area contributed by atoms with Crippen LogP contribution in [0.3, 0.4) is 0 Å². The summed E-state index contributed by atoms with van der Waals surface area (Å²) in [6.07, 6.45) is 1.02. The Hall–Kier alpha value is -1.06. The molecule has 1 heterocycles. The molecular weight excluding hydrogens is 206 g/mol. The van der Waals surface area contributed by atoms with Crippen LogP contribution >= 0.6 is 0 Å². The number of nitrogens with zero attached hydrogens (tertiary/aromatic N) is 1. The quantitative estimate of drug-likeness (QED) is 0.675. The first-order chi connectivity index (χ1) is 7.22. The third kappa shape index (κ3) is 2.97. The van der Waals surface area contributed by atoms with Crippen molar-refractivity contribution < 1.29 is 14.3 Å². The van der Waals surface area contributed by atoms with Crippen LogP contribution in [0.25, 0.3) is 0 Å². The first-order valence-electron chi connectivity index (χ1n) is 5.76. The molecule has 1 saturated heterocycles. The molecule has 0 unspecified atom stereocenters. The molecule has 92 valence electrons. The van der Waals surface area contributed by atoms with Crippen LogP contribution in [0.5, 0.6) is 0 Å². The zero-order valence-electron chi connectivity index (χ0n) is 10.7. The molecule has 0 aliphatic carbocycles. The van der Waals surface area contributed by atoms with Crippen molar-refractivity contribution in [1.82, 2.24) is 4.90 Å². The third-order valence-corrected chi connectivity index (χ3v) is 2.49. The minimum atomic E-state index is -0.495. The van der Waals surface area contributed by atoms with E-state index in [1.165, 1.54) is 0 Å². The SMILES string of the molecule is CC(C)N1C(=O)CC[C@H]1C(=O)OC(C)(C)C. The lowest BCUT2D eigenvalue weighted by atomic mass is 10.1. The van der Waals surface area contributed by atoms with Gasteiger partial charge < -0.3 is 9.64 Å². The Balaban J connectivity index is 2.73. The van der Waals surface area contributed by atoms with Crippen LogP contribution in [0.2, 0.25) is 0 Å². The van der Waals surface area contributed by atoms with Crippen LogP contribution < -0.4 is 0 Å². The Bertz CT molecular complexity index is 291. The van der Waals surface area contributed by atoms with E-state index in [0.717, 1.165) is 0 Å². The van der Waals surface area contributed by atoms with Gasteiger partial charge >= 0.3 is 5.97 Å². The Morgan fingerprint density at radius 3 is 2.44 bits per heavy atom. The number of esters is 1. The predicted molar refractivity (Wildman–Crippen MR) is 60.8 cm³/mol. The van der Waals surface area contributed by atoms with Crippen LogP contribution in [-0.4, -0.2) is 34.5 Å². The minimum absolute atomic E-state index is 0.0471. The molecule has 0 radical (unpaired) electrons. The van der Waals surface area contributed by atoms with E-state index in [1.807, 2.05) is 34.6 Å². The zero-order valence-corrected chi connectivity index (χ0v) is 10.7. The number of hydrogen-bond donors (Lipinski definition) is 0. The molecule has 1 atom stereocenters. The largest absolute Gasteiger partial charge is 0.458 e. The first-order valence-corrected chi connectivity index (χ1v) is 5.76. The Kier molecular flexibility index (Phi) is 3.61. The summed E-state index contributed by atoms with van der Waals surface area (Å²) in [4.78, 5) is 25.2. The van der Waals surface area contributed by atoms with Crippen LogP contribution in [0.15, 0.2) is 0 Å². The van der Waals surface area contributed by atoms with Crippen molar-refractivity contribution in [3.63, 3.8) is 0 Å². The van der Waals surface area contributed by atoms with Gasteiger partial charge in [0.05, 0.1) is 0 Å². The summed E-state index contributed by atoms with van der Waals surface area (Å²) >= 11 is 0. The van der Waals surface area contributed by atoms with E-state index in [2.05, 4.69) is 0 Å². The lowest BCUT2D eigenvalue weighted by Crippen LogP contribution is -2.45. The Morgan fingerprint density at radius 1 is 1.44 bits per heavy atom. The van der Waals surface area contributed by atoms with Gasteiger partial charge in [-0.1, -0.05) is 0 Å². The number of carbonyl (C=O) groups is 2. The topological polar surface area (TPSA) is 46.6 Å². The molecule has 0 spiro atoms. The third-order valence-electron chi connectivity index (χ3n) is 2.49. The van der Waals surface area contributed by atoms with Gasteiger partial charge in [-0.15, -0.1) is 0 Å². The molecule has 4 heteroatoms. The number of carbonyl (C=O) groups excluding carboxylic acids is 2. The van der Waals surface area contributed by atoms with Crippen molar-refractivity contribution >= 4 is 11.9 Å². The molecular formula is C12H21NO3. The molecule has 0 aromatic rings. The lowest BCUT2D eigenvalue weighted by Gasteiger charge is -2.29. The van der Waals surface area contributed by atoms with Crippen molar-refractivity contribution in [2.75, 3.05) is 0 Å². The van der Waals surface area contributed by atoms with Gasteiger partial charge in [0.25, 0.3) is 0 Å².